The summed E-state index contributed by atoms with van der Waals surface area (Å²) < 4.78 is 7.07. The first kappa shape index (κ1) is 16.6. The lowest BCUT2D eigenvalue weighted by Crippen LogP contribution is -2.32. The van der Waals surface area contributed by atoms with Crippen LogP contribution in [-0.2, 0) is 6.42 Å². The van der Waals surface area contributed by atoms with Crippen molar-refractivity contribution in [3.63, 3.8) is 0 Å². The fourth-order valence-corrected chi connectivity index (χ4v) is 4.28. The molecule has 0 amide bonds. The summed E-state index contributed by atoms with van der Waals surface area (Å²) >= 11 is 1.58. The van der Waals surface area contributed by atoms with Crippen LogP contribution in [0.25, 0.3) is 10.2 Å². The van der Waals surface area contributed by atoms with Gasteiger partial charge in [0.25, 0.3) is 5.19 Å². The van der Waals surface area contributed by atoms with Gasteiger partial charge in [0, 0.05) is 6.04 Å². The summed E-state index contributed by atoms with van der Waals surface area (Å²) in [6, 6.07) is 17.3. The first-order valence-electron chi connectivity index (χ1n) is 9.22. The molecule has 2 aromatic carbocycles. The molecule has 0 bridgehead atoms. The van der Waals surface area contributed by atoms with Crippen molar-refractivity contribution >= 4 is 21.6 Å². The molecule has 4 heteroatoms. The Kier molecular flexibility index (Phi) is 5.28. The third-order valence-electron chi connectivity index (χ3n) is 4.85. The third-order valence-corrected chi connectivity index (χ3v) is 5.77. The standard InChI is InChI=1S/C21H24N2OS/c1-2-6-17(7-3-1)22-15-14-16-10-12-18(13-11-16)24-21-23-19-8-4-5-9-20(19)25-21/h4-5,8-13,17,22H,1-3,6-7,14-15H2. The molecule has 1 aromatic heterocycles. The van der Waals surface area contributed by atoms with Crippen molar-refractivity contribution in [1.29, 1.82) is 0 Å². The second-order valence-electron chi connectivity index (χ2n) is 6.73. The molecule has 4 rings (SSSR count). The maximum atomic E-state index is 5.91. The first-order valence-corrected chi connectivity index (χ1v) is 10.0. The first-order chi connectivity index (χ1) is 12.4. The molecule has 0 radical (unpaired) electrons. The quantitative estimate of drug-likeness (QED) is 0.631. The van der Waals surface area contributed by atoms with Gasteiger partial charge in [-0.05, 0) is 55.6 Å². The van der Waals surface area contributed by atoms with Gasteiger partial charge in [-0.3, -0.25) is 0 Å². The molecule has 0 saturated heterocycles. The predicted octanol–water partition coefficient (Wildman–Crippen LogP) is 5.55. The Morgan fingerprint density at radius 1 is 1.00 bits per heavy atom. The highest BCUT2D eigenvalue weighted by atomic mass is 32.1. The molecule has 0 atom stereocenters. The zero-order valence-corrected chi connectivity index (χ0v) is 15.2. The minimum Gasteiger partial charge on any atom is -0.431 e. The van der Waals surface area contributed by atoms with Gasteiger partial charge in [0.05, 0.1) is 10.2 Å². The zero-order valence-electron chi connectivity index (χ0n) is 14.4. The van der Waals surface area contributed by atoms with Crippen LogP contribution in [0.5, 0.6) is 10.9 Å². The Morgan fingerprint density at radius 2 is 1.80 bits per heavy atom. The average molecular weight is 353 g/mol. The van der Waals surface area contributed by atoms with Crippen molar-refractivity contribution < 1.29 is 4.74 Å². The summed E-state index contributed by atoms with van der Waals surface area (Å²) in [5.74, 6) is 0.850. The van der Waals surface area contributed by atoms with Gasteiger partial charge >= 0.3 is 0 Å². The summed E-state index contributed by atoms with van der Waals surface area (Å²) in [5.41, 5.74) is 2.34. The summed E-state index contributed by atoms with van der Waals surface area (Å²) in [7, 11) is 0. The Balaban J connectivity index is 1.30. The largest absolute Gasteiger partial charge is 0.431 e. The van der Waals surface area contributed by atoms with Gasteiger partial charge < -0.3 is 10.1 Å². The van der Waals surface area contributed by atoms with Crippen LogP contribution in [0.4, 0.5) is 0 Å². The van der Waals surface area contributed by atoms with Crippen molar-refractivity contribution in [2.45, 2.75) is 44.6 Å². The molecule has 1 fully saturated rings. The van der Waals surface area contributed by atoms with E-state index in [1.807, 2.05) is 30.3 Å². The van der Waals surface area contributed by atoms with Crippen molar-refractivity contribution in [1.82, 2.24) is 10.3 Å². The van der Waals surface area contributed by atoms with Crippen LogP contribution in [0.2, 0.25) is 0 Å². The van der Waals surface area contributed by atoms with Gasteiger partial charge in [0.2, 0.25) is 0 Å². The molecule has 1 N–H and O–H groups in total. The third kappa shape index (κ3) is 4.39. The lowest BCUT2D eigenvalue weighted by atomic mass is 9.95. The Bertz CT molecular complexity index is 773. The molecule has 1 aliphatic rings. The van der Waals surface area contributed by atoms with E-state index in [0.717, 1.165) is 35.0 Å². The average Bonchev–Trinajstić information content (AvgIpc) is 3.06. The molecule has 0 aliphatic heterocycles. The normalized spacial score (nSPS) is 15.5. The minimum absolute atomic E-state index is 0.702. The van der Waals surface area contributed by atoms with E-state index in [-0.39, 0.29) is 0 Å². The lowest BCUT2D eigenvalue weighted by molar-refractivity contribution is 0.375. The van der Waals surface area contributed by atoms with Gasteiger partial charge in [-0.1, -0.05) is 54.9 Å². The van der Waals surface area contributed by atoms with E-state index in [1.54, 1.807) is 11.3 Å². The summed E-state index contributed by atoms with van der Waals surface area (Å²) in [6.07, 6.45) is 7.93. The highest BCUT2D eigenvalue weighted by molar-refractivity contribution is 7.20. The number of fused-ring (bicyclic) bond motifs is 1. The van der Waals surface area contributed by atoms with Crippen LogP contribution in [0.3, 0.4) is 0 Å². The highest BCUT2D eigenvalue weighted by Crippen LogP contribution is 2.31. The van der Waals surface area contributed by atoms with E-state index in [4.69, 9.17) is 4.74 Å². The van der Waals surface area contributed by atoms with Gasteiger partial charge in [-0.15, -0.1) is 0 Å². The van der Waals surface area contributed by atoms with E-state index in [2.05, 4.69) is 28.5 Å². The highest BCUT2D eigenvalue weighted by Gasteiger charge is 2.12. The van der Waals surface area contributed by atoms with E-state index >= 15 is 0 Å². The molecule has 3 aromatic rings. The van der Waals surface area contributed by atoms with Gasteiger partial charge in [-0.2, -0.15) is 0 Å². The topological polar surface area (TPSA) is 34.1 Å². The fraction of sp³-hybridized carbons (Fsp3) is 0.381. The number of rotatable bonds is 6. The number of nitrogens with one attached hydrogen (secondary N) is 1. The van der Waals surface area contributed by atoms with Crippen LogP contribution >= 0.6 is 11.3 Å². The number of para-hydroxylation sites is 1. The second-order valence-corrected chi connectivity index (χ2v) is 7.73. The maximum absolute atomic E-state index is 5.91. The van der Waals surface area contributed by atoms with Crippen LogP contribution in [0, 0.1) is 0 Å². The molecule has 130 valence electrons. The van der Waals surface area contributed by atoms with E-state index in [1.165, 1.54) is 37.7 Å². The molecule has 1 heterocycles. The Morgan fingerprint density at radius 3 is 2.60 bits per heavy atom. The van der Waals surface area contributed by atoms with Crippen molar-refractivity contribution in [3.8, 4) is 10.9 Å². The summed E-state index contributed by atoms with van der Waals surface area (Å²) in [5, 5.41) is 4.40. The summed E-state index contributed by atoms with van der Waals surface area (Å²) in [4.78, 5) is 4.52. The molecule has 3 nitrogen and oxygen atoms in total. The van der Waals surface area contributed by atoms with Crippen LogP contribution in [-0.4, -0.2) is 17.6 Å². The monoisotopic (exact) mass is 352 g/mol. The Hall–Kier alpha value is -1.91. The predicted molar refractivity (Wildman–Crippen MR) is 105 cm³/mol. The van der Waals surface area contributed by atoms with Gasteiger partial charge in [0.1, 0.15) is 5.75 Å². The number of hydrogen-bond acceptors (Lipinski definition) is 4. The SMILES string of the molecule is c1ccc2sc(Oc3ccc(CCNC4CCCCC4)cc3)nc2c1. The number of hydrogen-bond donors (Lipinski definition) is 1. The van der Waals surface area contributed by atoms with Crippen LogP contribution in [0.15, 0.2) is 48.5 Å². The van der Waals surface area contributed by atoms with Gasteiger partial charge in [-0.25, -0.2) is 4.98 Å². The zero-order chi connectivity index (χ0) is 16.9. The van der Waals surface area contributed by atoms with E-state index < -0.39 is 0 Å². The number of ether oxygens (including phenoxy) is 1. The second kappa shape index (κ2) is 7.98. The maximum Gasteiger partial charge on any atom is 0.279 e. The van der Waals surface area contributed by atoms with Crippen molar-refractivity contribution in [2.24, 2.45) is 0 Å². The molecular formula is C21H24N2OS. The molecule has 1 saturated carbocycles. The van der Waals surface area contributed by atoms with Crippen LogP contribution < -0.4 is 10.1 Å². The smallest absolute Gasteiger partial charge is 0.279 e. The van der Waals surface area contributed by atoms with Crippen molar-refractivity contribution in [3.05, 3.63) is 54.1 Å². The molecule has 0 spiro atoms. The van der Waals surface area contributed by atoms with E-state index in [0.29, 0.717) is 5.19 Å². The summed E-state index contributed by atoms with van der Waals surface area (Å²) in [6.45, 7) is 1.06. The molecular weight excluding hydrogens is 328 g/mol. The number of aromatic nitrogens is 1. The fourth-order valence-electron chi connectivity index (χ4n) is 3.45. The number of benzene rings is 2. The van der Waals surface area contributed by atoms with Gasteiger partial charge in [0.15, 0.2) is 0 Å². The van der Waals surface area contributed by atoms with Crippen LogP contribution in [0.1, 0.15) is 37.7 Å². The number of nitrogens with zero attached hydrogens (tertiary/aromatic N) is 1. The molecule has 25 heavy (non-hydrogen) atoms. The minimum atomic E-state index is 0.702. The lowest BCUT2D eigenvalue weighted by Gasteiger charge is -2.22. The molecule has 1 aliphatic carbocycles. The van der Waals surface area contributed by atoms with Crippen molar-refractivity contribution in [2.75, 3.05) is 6.54 Å². The van der Waals surface area contributed by atoms with E-state index in [9.17, 15) is 0 Å². The molecule has 0 unspecified atom stereocenters. The number of thiazole rings is 1. The Labute approximate surface area is 153 Å².